The van der Waals surface area contributed by atoms with Crippen LogP contribution in [-0.4, -0.2) is 23.0 Å². The molecule has 1 aromatic rings. The molecule has 0 aliphatic rings. The van der Waals surface area contributed by atoms with E-state index in [0.717, 1.165) is 0 Å². The monoisotopic (exact) mass is 278 g/mol. The Morgan fingerprint density at radius 3 is 2.05 bits per heavy atom. The third kappa shape index (κ3) is 3.57. The SMILES string of the molecule is CC(N)(C(=O)N[C@H](C(=O)O)C(C)(C)C)c1ccccc1. The fourth-order valence-corrected chi connectivity index (χ4v) is 1.85. The molecule has 0 heterocycles. The van der Waals surface area contributed by atoms with E-state index in [4.69, 9.17) is 5.73 Å². The van der Waals surface area contributed by atoms with Crippen LogP contribution in [0.4, 0.5) is 0 Å². The highest BCUT2D eigenvalue weighted by Gasteiger charge is 2.38. The number of carbonyl (C=O) groups excluding carboxylic acids is 1. The molecule has 0 radical (unpaired) electrons. The molecule has 0 aliphatic heterocycles. The Bertz CT molecular complexity index is 490. The summed E-state index contributed by atoms with van der Waals surface area (Å²) >= 11 is 0. The maximum atomic E-state index is 12.3. The number of rotatable bonds is 4. The van der Waals surface area contributed by atoms with Crippen LogP contribution in [0.2, 0.25) is 0 Å². The van der Waals surface area contributed by atoms with Crippen LogP contribution in [0.3, 0.4) is 0 Å². The molecule has 0 bridgehead atoms. The molecular formula is C15H22N2O3. The Labute approximate surface area is 119 Å². The van der Waals surface area contributed by atoms with Gasteiger partial charge in [0.2, 0.25) is 5.91 Å². The van der Waals surface area contributed by atoms with E-state index in [1.165, 1.54) is 0 Å². The van der Waals surface area contributed by atoms with Gasteiger partial charge in [0.15, 0.2) is 0 Å². The van der Waals surface area contributed by atoms with Gasteiger partial charge in [-0.1, -0.05) is 51.1 Å². The standard InChI is InChI=1S/C15H22N2O3/c1-14(2,3)11(12(18)19)17-13(20)15(4,16)10-8-6-5-7-9-10/h5-9,11H,16H2,1-4H3,(H,17,20)(H,18,19)/t11-,15?/m1/s1. The van der Waals surface area contributed by atoms with Gasteiger partial charge in [-0.15, -0.1) is 0 Å². The maximum Gasteiger partial charge on any atom is 0.326 e. The van der Waals surface area contributed by atoms with Crippen LogP contribution in [0.15, 0.2) is 30.3 Å². The quantitative estimate of drug-likeness (QED) is 0.777. The molecule has 1 rings (SSSR count). The molecule has 110 valence electrons. The number of benzene rings is 1. The second kappa shape index (κ2) is 5.63. The van der Waals surface area contributed by atoms with Crippen molar-refractivity contribution in [1.29, 1.82) is 0 Å². The Kier molecular flexibility index (Phi) is 4.55. The van der Waals surface area contributed by atoms with Crippen molar-refractivity contribution in [3.05, 3.63) is 35.9 Å². The molecule has 0 fully saturated rings. The van der Waals surface area contributed by atoms with Gasteiger partial charge in [0.05, 0.1) is 0 Å². The summed E-state index contributed by atoms with van der Waals surface area (Å²) in [7, 11) is 0. The van der Waals surface area contributed by atoms with Crippen molar-refractivity contribution < 1.29 is 14.7 Å². The Morgan fingerprint density at radius 2 is 1.65 bits per heavy atom. The number of carbonyl (C=O) groups is 2. The zero-order chi connectivity index (χ0) is 15.6. The molecule has 2 atom stereocenters. The fraction of sp³-hybridized carbons (Fsp3) is 0.467. The summed E-state index contributed by atoms with van der Waals surface area (Å²) in [5.74, 6) is -1.58. The third-order valence-corrected chi connectivity index (χ3v) is 3.23. The van der Waals surface area contributed by atoms with Gasteiger partial charge in [-0.25, -0.2) is 4.79 Å². The van der Waals surface area contributed by atoms with E-state index in [1.807, 2.05) is 6.07 Å². The van der Waals surface area contributed by atoms with Crippen LogP contribution < -0.4 is 11.1 Å². The van der Waals surface area contributed by atoms with Crippen molar-refractivity contribution in [3.8, 4) is 0 Å². The molecule has 5 heteroatoms. The van der Waals surface area contributed by atoms with Crippen LogP contribution in [0.5, 0.6) is 0 Å². The molecule has 1 amide bonds. The van der Waals surface area contributed by atoms with Gasteiger partial charge in [-0.2, -0.15) is 0 Å². The first-order chi connectivity index (χ1) is 9.06. The summed E-state index contributed by atoms with van der Waals surface area (Å²) in [5.41, 5.74) is 4.82. The van der Waals surface area contributed by atoms with Crippen molar-refractivity contribution >= 4 is 11.9 Å². The molecule has 20 heavy (non-hydrogen) atoms. The largest absolute Gasteiger partial charge is 0.480 e. The van der Waals surface area contributed by atoms with E-state index >= 15 is 0 Å². The normalized spacial score (nSPS) is 16.1. The molecule has 0 aliphatic carbocycles. The number of amides is 1. The highest BCUT2D eigenvalue weighted by molar-refractivity contribution is 5.90. The van der Waals surface area contributed by atoms with Gasteiger partial charge in [0.25, 0.3) is 0 Å². The second-order valence-electron chi connectivity index (χ2n) is 6.18. The molecular weight excluding hydrogens is 256 g/mol. The predicted molar refractivity (Wildman–Crippen MR) is 77.0 cm³/mol. The van der Waals surface area contributed by atoms with Crippen LogP contribution in [-0.2, 0) is 15.1 Å². The minimum Gasteiger partial charge on any atom is -0.480 e. The lowest BCUT2D eigenvalue weighted by molar-refractivity contribution is -0.145. The van der Waals surface area contributed by atoms with Crippen LogP contribution in [0.1, 0.15) is 33.3 Å². The number of aliphatic carboxylic acids is 1. The summed E-state index contributed by atoms with van der Waals surface area (Å²) in [6, 6.07) is 7.88. The Balaban J connectivity index is 2.98. The van der Waals surface area contributed by atoms with E-state index in [9.17, 15) is 14.7 Å². The summed E-state index contributed by atoms with van der Waals surface area (Å²) < 4.78 is 0. The van der Waals surface area contributed by atoms with Crippen molar-refractivity contribution in [2.75, 3.05) is 0 Å². The minimum absolute atomic E-state index is 0.508. The van der Waals surface area contributed by atoms with Crippen molar-refractivity contribution in [2.24, 2.45) is 11.1 Å². The van der Waals surface area contributed by atoms with Crippen molar-refractivity contribution in [2.45, 2.75) is 39.3 Å². The predicted octanol–water partition coefficient (Wildman–Crippen LogP) is 1.48. The smallest absolute Gasteiger partial charge is 0.326 e. The highest BCUT2D eigenvalue weighted by atomic mass is 16.4. The minimum atomic E-state index is -1.28. The van der Waals surface area contributed by atoms with E-state index in [0.29, 0.717) is 5.56 Å². The molecule has 4 N–H and O–H groups in total. The van der Waals surface area contributed by atoms with Crippen LogP contribution in [0, 0.1) is 5.41 Å². The molecule has 0 aromatic heterocycles. The summed E-state index contributed by atoms with van der Waals surface area (Å²) in [5, 5.41) is 11.8. The summed E-state index contributed by atoms with van der Waals surface area (Å²) in [4.78, 5) is 23.6. The molecule has 0 saturated heterocycles. The maximum absolute atomic E-state index is 12.3. The highest BCUT2D eigenvalue weighted by Crippen LogP contribution is 2.22. The first kappa shape index (κ1) is 16.2. The topological polar surface area (TPSA) is 92.4 Å². The number of hydrogen-bond acceptors (Lipinski definition) is 3. The Hall–Kier alpha value is -1.88. The molecule has 0 spiro atoms. The lowest BCUT2D eigenvalue weighted by Gasteiger charge is -2.32. The van der Waals surface area contributed by atoms with E-state index in [2.05, 4.69) is 5.32 Å². The molecule has 5 nitrogen and oxygen atoms in total. The number of carboxylic acid groups (broad SMARTS) is 1. The number of carboxylic acids is 1. The molecule has 0 saturated carbocycles. The second-order valence-corrected chi connectivity index (χ2v) is 6.18. The van der Waals surface area contributed by atoms with Crippen molar-refractivity contribution in [3.63, 3.8) is 0 Å². The van der Waals surface area contributed by atoms with Crippen molar-refractivity contribution in [1.82, 2.24) is 5.32 Å². The molecule has 1 aromatic carbocycles. The van der Waals surface area contributed by atoms with Gasteiger partial charge >= 0.3 is 5.97 Å². The molecule has 1 unspecified atom stereocenters. The first-order valence-electron chi connectivity index (χ1n) is 6.45. The number of nitrogens with two attached hydrogens (primary N) is 1. The lowest BCUT2D eigenvalue weighted by Crippen LogP contribution is -2.57. The first-order valence-corrected chi connectivity index (χ1v) is 6.45. The lowest BCUT2D eigenvalue weighted by atomic mass is 9.85. The third-order valence-electron chi connectivity index (χ3n) is 3.23. The van der Waals surface area contributed by atoms with Gasteiger partial charge < -0.3 is 16.2 Å². The van der Waals surface area contributed by atoms with E-state index in [1.54, 1.807) is 52.0 Å². The average molecular weight is 278 g/mol. The average Bonchev–Trinajstić information content (AvgIpc) is 2.34. The van der Waals surface area contributed by atoms with Crippen LogP contribution in [0.25, 0.3) is 0 Å². The Morgan fingerprint density at radius 1 is 1.15 bits per heavy atom. The number of nitrogens with one attached hydrogen (secondary N) is 1. The zero-order valence-corrected chi connectivity index (χ0v) is 12.3. The van der Waals surface area contributed by atoms with Gasteiger partial charge in [-0.3, -0.25) is 4.79 Å². The van der Waals surface area contributed by atoms with Gasteiger partial charge in [-0.05, 0) is 17.9 Å². The van der Waals surface area contributed by atoms with Crippen LogP contribution >= 0.6 is 0 Å². The van der Waals surface area contributed by atoms with E-state index < -0.39 is 28.9 Å². The van der Waals surface area contributed by atoms with E-state index in [-0.39, 0.29) is 0 Å². The number of hydrogen-bond donors (Lipinski definition) is 3. The van der Waals surface area contributed by atoms with Gasteiger partial charge in [0, 0.05) is 0 Å². The zero-order valence-electron chi connectivity index (χ0n) is 12.3. The summed E-state index contributed by atoms with van der Waals surface area (Å²) in [6.45, 7) is 6.83. The van der Waals surface area contributed by atoms with Gasteiger partial charge in [0.1, 0.15) is 11.6 Å². The summed E-state index contributed by atoms with van der Waals surface area (Å²) in [6.07, 6.45) is 0. The fourth-order valence-electron chi connectivity index (χ4n) is 1.85.